The molecule has 0 spiro atoms. The fourth-order valence-corrected chi connectivity index (χ4v) is 3.36. The van der Waals surface area contributed by atoms with E-state index in [4.69, 9.17) is 9.47 Å². The second-order valence-electron chi connectivity index (χ2n) is 5.18. The van der Waals surface area contributed by atoms with Gasteiger partial charge in [-0.1, -0.05) is 0 Å². The lowest BCUT2D eigenvalue weighted by Gasteiger charge is -2.11. The van der Waals surface area contributed by atoms with Crippen LogP contribution in [0.1, 0.15) is 12.8 Å². The van der Waals surface area contributed by atoms with Gasteiger partial charge in [-0.3, -0.25) is 4.68 Å². The minimum atomic E-state index is -3.56. The number of aromatic nitrogens is 2. The van der Waals surface area contributed by atoms with Gasteiger partial charge in [-0.15, -0.1) is 0 Å². The predicted molar refractivity (Wildman–Crippen MR) is 84.1 cm³/mol. The number of aryl methyl sites for hydroxylation is 1. The molecule has 0 bridgehead atoms. The van der Waals surface area contributed by atoms with Crippen molar-refractivity contribution in [3.8, 4) is 11.5 Å². The van der Waals surface area contributed by atoms with Crippen LogP contribution in [-0.4, -0.2) is 38.0 Å². The Labute approximate surface area is 135 Å². The lowest BCUT2D eigenvalue weighted by Crippen LogP contribution is -2.25. The zero-order valence-electron chi connectivity index (χ0n) is 12.6. The first kappa shape index (κ1) is 15.8. The van der Waals surface area contributed by atoms with Crippen LogP contribution in [0.25, 0.3) is 0 Å². The Morgan fingerprint density at radius 3 is 2.83 bits per heavy atom. The molecule has 2 heterocycles. The van der Waals surface area contributed by atoms with E-state index in [1.165, 1.54) is 12.1 Å². The molecule has 1 aromatic heterocycles. The zero-order chi connectivity index (χ0) is 16.1. The quantitative estimate of drug-likeness (QED) is 0.806. The van der Waals surface area contributed by atoms with Crippen molar-refractivity contribution < 1.29 is 17.9 Å². The van der Waals surface area contributed by atoms with Crippen LogP contribution in [0.5, 0.6) is 11.5 Å². The van der Waals surface area contributed by atoms with Crippen LogP contribution in [0.3, 0.4) is 0 Å². The summed E-state index contributed by atoms with van der Waals surface area (Å²) in [5, 5.41) is 4.07. The maximum Gasteiger partial charge on any atom is 0.240 e. The first-order chi connectivity index (χ1) is 11.1. The molecule has 1 aliphatic rings. The summed E-state index contributed by atoms with van der Waals surface area (Å²) in [5.41, 5.74) is 0. The highest BCUT2D eigenvalue weighted by atomic mass is 32.2. The summed E-state index contributed by atoms with van der Waals surface area (Å²) in [6, 6.07) is 6.51. The topological polar surface area (TPSA) is 82.5 Å². The van der Waals surface area contributed by atoms with Crippen LogP contribution in [0.4, 0.5) is 0 Å². The Morgan fingerprint density at radius 2 is 2.04 bits per heavy atom. The van der Waals surface area contributed by atoms with Crippen LogP contribution >= 0.6 is 0 Å². The number of hydrogen-bond donors (Lipinski definition) is 1. The van der Waals surface area contributed by atoms with Crippen LogP contribution < -0.4 is 14.2 Å². The lowest BCUT2D eigenvalue weighted by atomic mass is 10.3. The van der Waals surface area contributed by atoms with E-state index in [0.29, 0.717) is 44.2 Å². The maximum absolute atomic E-state index is 12.3. The van der Waals surface area contributed by atoms with Gasteiger partial charge in [-0.2, -0.15) is 5.10 Å². The van der Waals surface area contributed by atoms with Crippen molar-refractivity contribution in [1.29, 1.82) is 0 Å². The molecule has 8 heteroatoms. The number of ether oxygens (including phenoxy) is 2. The summed E-state index contributed by atoms with van der Waals surface area (Å²) in [7, 11) is -3.56. The molecular formula is C15H19N3O4S. The monoisotopic (exact) mass is 337 g/mol. The van der Waals surface area contributed by atoms with E-state index < -0.39 is 10.0 Å². The van der Waals surface area contributed by atoms with Crippen LogP contribution in [0, 0.1) is 0 Å². The minimum Gasteiger partial charge on any atom is -0.490 e. The van der Waals surface area contributed by atoms with E-state index >= 15 is 0 Å². The predicted octanol–water partition coefficient (Wildman–Crippen LogP) is 1.41. The maximum atomic E-state index is 12.3. The van der Waals surface area contributed by atoms with Gasteiger partial charge in [-0.25, -0.2) is 13.1 Å². The number of nitrogens with zero attached hydrogens (tertiary/aromatic N) is 2. The van der Waals surface area contributed by atoms with E-state index in [9.17, 15) is 8.42 Å². The van der Waals surface area contributed by atoms with Gasteiger partial charge < -0.3 is 9.47 Å². The molecule has 0 atom stereocenters. The smallest absolute Gasteiger partial charge is 0.240 e. The van der Waals surface area contributed by atoms with Gasteiger partial charge in [0.25, 0.3) is 0 Å². The fourth-order valence-electron chi connectivity index (χ4n) is 2.27. The van der Waals surface area contributed by atoms with Crippen LogP contribution in [0.2, 0.25) is 0 Å². The Hall–Kier alpha value is -2.06. The van der Waals surface area contributed by atoms with Crippen molar-refractivity contribution in [2.24, 2.45) is 0 Å². The van der Waals surface area contributed by atoms with Gasteiger partial charge >= 0.3 is 0 Å². The Balaban J connectivity index is 1.61. The SMILES string of the molecule is O=S(=O)(NCCCn1cccn1)c1ccc2c(c1)OCCCO2. The minimum absolute atomic E-state index is 0.181. The molecular weight excluding hydrogens is 318 g/mol. The molecule has 0 aliphatic carbocycles. The van der Waals surface area contributed by atoms with E-state index in [0.717, 1.165) is 6.42 Å². The number of benzene rings is 1. The zero-order valence-corrected chi connectivity index (χ0v) is 13.5. The van der Waals surface area contributed by atoms with Crippen LogP contribution in [-0.2, 0) is 16.6 Å². The van der Waals surface area contributed by atoms with E-state index in [1.807, 2.05) is 12.3 Å². The first-order valence-corrected chi connectivity index (χ1v) is 9.00. The van der Waals surface area contributed by atoms with Gasteiger partial charge in [-0.05, 0) is 24.6 Å². The Bertz CT molecular complexity index is 744. The summed E-state index contributed by atoms with van der Waals surface area (Å²) in [4.78, 5) is 0.181. The Morgan fingerprint density at radius 1 is 1.22 bits per heavy atom. The second kappa shape index (κ2) is 7.01. The molecule has 124 valence electrons. The summed E-state index contributed by atoms with van der Waals surface area (Å²) in [6.07, 6.45) is 4.98. The number of nitrogens with one attached hydrogen (secondary N) is 1. The third-order valence-electron chi connectivity index (χ3n) is 3.44. The lowest BCUT2D eigenvalue weighted by molar-refractivity contribution is 0.297. The second-order valence-corrected chi connectivity index (χ2v) is 6.95. The molecule has 1 aromatic carbocycles. The van der Waals surface area contributed by atoms with Gasteiger partial charge in [0.2, 0.25) is 10.0 Å². The number of rotatable bonds is 6. The molecule has 0 unspecified atom stereocenters. The number of hydrogen-bond acceptors (Lipinski definition) is 5. The van der Waals surface area contributed by atoms with Gasteiger partial charge in [0.1, 0.15) is 0 Å². The summed E-state index contributed by atoms with van der Waals surface area (Å²) in [6.45, 7) is 2.10. The standard InChI is InChI=1S/C15H19N3O4S/c19-23(20,17-7-2-9-18-8-1-6-16-18)13-4-5-14-15(12-13)22-11-3-10-21-14/h1,4-6,8,12,17H,2-3,7,9-11H2. The highest BCUT2D eigenvalue weighted by molar-refractivity contribution is 7.89. The Kier molecular flexibility index (Phi) is 4.82. The van der Waals surface area contributed by atoms with E-state index in [2.05, 4.69) is 9.82 Å². The largest absolute Gasteiger partial charge is 0.490 e. The van der Waals surface area contributed by atoms with Crippen molar-refractivity contribution >= 4 is 10.0 Å². The molecule has 0 saturated heterocycles. The molecule has 1 aliphatic heterocycles. The fraction of sp³-hybridized carbons (Fsp3) is 0.400. The molecule has 2 aromatic rings. The molecule has 0 saturated carbocycles. The van der Waals surface area contributed by atoms with Crippen molar-refractivity contribution in [2.45, 2.75) is 24.3 Å². The average Bonchev–Trinajstić information content (AvgIpc) is 2.94. The van der Waals surface area contributed by atoms with Gasteiger partial charge in [0.15, 0.2) is 11.5 Å². The van der Waals surface area contributed by atoms with Crippen molar-refractivity contribution in [2.75, 3.05) is 19.8 Å². The molecule has 3 rings (SSSR count). The molecule has 1 N–H and O–H groups in total. The summed E-state index contributed by atoms with van der Waals surface area (Å²) in [5.74, 6) is 1.06. The first-order valence-electron chi connectivity index (χ1n) is 7.52. The third kappa shape index (κ3) is 4.02. The number of sulfonamides is 1. The van der Waals surface area contributed by atoms with Crippen molar-refractivity contribution in [3.63, 3.8) is 0 Å². The number of fused-ring (bicyclic) bond motifs is 1. The van der Waals surface area contributed by atoms with E-state index in [1.54, 1.807) is 16.9 Å². The normalized spacial score (nSPS) is 14.4. The molecule has 23 heavy (non-hydrogen) atoms. The molecule has 0 amide bonds. The van der Waals surface area contributed by atoms with Gasteiger partial charge in [0, 0.05) is 38.0 Å². The highest BCUT2D eigenvalue weighted by Gasteiger charge is 2.18. The van der Waals surface area contributed by atoms with Crippen LogP contribution in [0.15, 0.2) is 41.6 Å². The molecule has 7 nitrogen and oxygen atoms in total. The van der Waals surface area contributed by atoms with Crippen molar-refractivity contribution in [1.82, 2.24) is 14.5 Å². The summed E-state index contributed by atoms with van der Waals surface area (Å²) >= 11 is 0. The summed E-state index contributed by atoms with van der Waals surface area (Å²) < 4.78 is 40.1. The average molecular weight is 337 g/mol. The van der Waals surface area contributed by atoms with E-state index in [-0.39, 0.29) is 4.90 Å². The highest BCUT2D eigenvalue weighted by Crippen LogP contribution is 2.31. The molecule has 0 fully saturated rings. The molecule has 0 radical (unpaired) electrons. The third-order valence-corrected chi connectivity index (χ3v) is 4.90. The van der Waals surface area contributed by atoms with Crippen molar-refractivity contribution in [3.05, 3.63) is 36.7 Å². The van der Waals surface area contributed by atoms with Gasteiger partial charge in [0.05, 0.1) is 18.1 Å².